The number of nitrogens with one attached hydrogen (secondary N) is 2. The highest BCUT2D eigenvalue weighted by Gasteiger charge is 2.17. The lowest BCUT2D eigenvalue weighted by atomic mass is 10.1. The predicted octanol–water partition coefficient (Wildman–Crippen LogP) is 5.62. The maximum Gasteiger partial charge on any atom is 0.253 e. The summed E-state index contributed by atoms with van der Waals surface area (Å²) in [5.41, 5.74) is 3.05. The van der Waals surface area contributed by atoms with Crippen LogP contribution < -0.4 is 10.6 Å². The minimum atomic E-state index is -0.335. The molecular weight excluding hydrogens is 437 g/mol. The molecule has 0 saturated carbocycles. The Morgan fingerprint density at radius 3 is 2.55 bits per heavy atom. The van der Waals surface area contributed by atoms with Crippen molar-refractivity contribution < 1.29 is 14.0 Å². The number of hydrogen-bond donors (Lipinski definition) is 2. The first-order valence-electron chi connectivity index (χ1n) is 10.4. The number of para-hydroxylation sites is 1. The van der Waals surface area contributed by atoms with Crippen molar-refractivity contribution in [3.05, 3.63) is 107 Å². The van der Waals surface area contributed by atoms with E-state index in [4.69, 9.17) is 0 Å². The molecule has 1 heterocycles. The predicted molar refractivity (Wildman–Crippen MR) is 129 cm³/mol. The molecule has 33 heavy (non-hydrogen) atoms. The fourth-order valence-electron chi connectivity index (χ4n) is 3.39. The Hall–Kier alpha value is -3.84. The normalized spacial score (nSPS) is 11.6. The van der Waals surface area contributed by atoms with Gasteiger partial charge in [0.05, 0.1) is 29.4 Å². The van der Waals surface area contributed by atoms with E-state index in [0.29, 0.717) is 27.5 Å². The average molecular weight is 460 g/mol. The van der Waals surface area contributed by atoms with Gasteiger partial charge in [0.2, 0.25) is 5.91 Å². The number of halogens is 1. The molecule has 0 aliphatic carbocycles. The van der Waals surface area contributed by atoms with Crippen LogP contribution in [0.4, 0.5) is 10.1 Å². The summed E-state index contributed by atoms with van der Waals surface area (Å²) in [6, 6.07) is 22.5. The molecule has 7 heteroatoms. The first kappa shape index (κ1) is 22.4. The minimum Gasteiger partial charge on any atom is -0.345 e. The number of thiazole rings is 1. The molecule has 0 aliphatic rings. The third kappa shape index (κ3) is 5.70. The number of benzene rings is 3. The van der Waals surface area contributed by atoms with E-state index in [2.05, 4.69) is 15.6 Å². The van der Waals surface area contributed by atoms with Crippen molar-refractivity contribution in [3.8, 4) is 10.6 Å². The second-order valence-electron chi connectivity index (χ2n) is 7.53. The zero-order valence-corrected chi connectivity index (χ0v) is 18.7. The first-order chi connectivity index (χ1) is 16.0. The van der Waals surface area contributed by atoms with Gasteiger partial charge in [0.25, 0.3) is 5.91 Å². The maximum absolute atomic E-state index is 13.5. The molecular formula is C26H22FN3O2S. The van der Waals surface area contributed by atoms with Crippen LogP contribution in [0.25, 0.3) is 10.6 Å². The monoisotopic (exact) mass is 459 g/mol. The lowest BCUT2D eigenvalue weighted by molar-refractivity contribution is -0.115. The molecule has 2 N–H and O–H groups in total. The summed E-state index contributed by atoms with van der Waals surface area (Å²) in [5.74, 6) is -0.898. The van der Waals surface area contributed by atoms with E-state index < -0.39 is 0 Å². The molecule has 1 unspecified atom stereocenters. The Kier molecular flexibility index (Phi) is 6.90. The summed E-state index contributed by atoms with van der Waals surface area (Å²) in [5, 5.41) is 8.21. The molecule has 0 radical (unpaired) electrons. The number of aromatic nitrogens is 1. The van der Waals surface area contributed by atoms with Gasteiger partial charge in [0.15, 0.2) is 0 Å². The number of anilines is 1. The Morgan fingerprint density at radius 2 is 1.76 bits per heavy atom. The number of hydrogen-bond acceptors (Lipinski definition) is 4. The van der Waals surface area contributed by atoms with Gasteiger partial charge in [-0.1, -0.05) is 54.6 Å². The number of carbonyl (C=O) groups is 2. The van der Waals surface area contributed by atoms with E-state index in [-0.39, 0.29) is 30.1 Å². The number of carbonyl (C=O) groups excluding carboxylic acids is 2. The molecule has 0 aliphatic heterocycles. The van der Waals surface area contributed by atoms with E-state index in [1.54, 1.807) is 41.8 Å². The van der Waals surface area contributed by atoms with E-state index in [0.717, 1.165) is 5.56 Å². The van der Waals surface area contributed by atoms with Crippen molar-refractivity contribution in [1.29, 1.82) is 0 Å². The summed E-state index contributed by atoms with van der Waals surface area (Å²) in [7, 11) is 0. The smallest absolute Gasteiger partial charge is 0.253 e. The van der Waals surface area contributed by atoms with Gasteiger partial charge in [-0.05, 0) is 36.8 Å². The van der Waals surface area contributed by atoms with Crippen LogP contribution in [0.15, 0.2) is 84.2 Å². The molecule has 0 bridgehead atoms. The van der Waals surface area contributed by atoms with Crippen molar-refractivity contribution in [2.75, 3.05) is 5.32 Å². The zero-order chi connectivity index (χ0) is 23.2. The van der Waals surface area contributed by atoms with Crippen LogP contribution in [0.2, 0.25) is 0 Å². The zero-order valence-electron chi connectivity index (χ0n) is 17.9. The van der Waals surface area contributed by atoms with Crippen molar-refractivity contribution in [2.24, 2.45) is 0 Å². The van der Waals surface area contributed by atoms with Crippen molar-refractivity contribution >= 4 is 28.8 Å². The van der Waals surface area contributed by atoms with Gasteiger partial charge < -0.3 is 10.6 Å². The highest BCUT2D eigenvalue weighted by molar-refractivity contribution is 7.13. The minimum absolute atomic E-state index is 0.0438. The van der Waals surface area contributed by atoms with Crippen LogP contribution in [-0.4, -0.2) is 16.8 Å². The topological polar surface area (TPSA) is 71.1 Å². The lowest BCUT2D eigenvalue weighted by Gasteiger charge is -2.16. The van der Waals surface area contributed by atoms with E-state index in [9.17, 15) is 14.0 Å². The van der Waals surface area contributed by atoms with Crippen LogP contribution in [0.3, 0.4) is 0 Å². The summed E-state index contributed by atoms with van der Waals surface area (Å²) in [4.78, 5) is 30.0. The fourth-order valence-corrected chi connectivity index (χ4v) is 4.21. The van der Waals surface area contributed by atoms with Gasteiger partial charge >= 0.3 is 0 Å². The molecule has 0 spiro atoms. The third-order valence-electron chi connectivity index (χ3n) is 5.06. The second-order valence-corrected chi connectivity index (χ2v) is 8.39. The molecule has 1 atom stereocenters. The summed E-state index contributed by atoms with van der Waals surface area (Å²) in [6.07, 6.45) is 0.0438. The molecule has 3 aromatic carbocycles. The molecule has 0 fully saturated rings. The SMILES string of the molecule is CC(NC(=O)c1ccccc1NC(=O)Cc1csc(-c2cccc(F)c2)n1)c1ccccc1. The Balaban J connectivity index is 1.42. The van der Waals surface area contributed by atoms with Crippen molar-refractivity contribution in [1.82, 2.24) is 10.3 Å². The number of nitrogens with zero attached hydrogens (tertiary/aromatic N) is 1. The Morgan fingerprint density at radius 1 is 1.00 bits per heavy atom. The number of rotatable bonds is 7. The summed E-state index contributed by atoms with van der Waals surface area (Å²) in [6.45, 7) is 1.91. The highest BCUT2D eigenvalue weighted by Crippen LogP contribution is 2.25. The van der Waals surface area contributed by atoms with E-state index in [1.165, 1.54) is 23.5 Å². The van der Waals surface area contributed by atoms with Gasteiger partial charge in [-0.2, -0.15) is 0 Å². The molecule has 4 aromatic rings. The fraction of sp³-hybridized carbons (Fsp3) is 0.115. The van der Waals surface area contributed by atoms with Gasteiger partial charge in [-0.25, -0.2) is 9.37 Å². The molecule has 0 saturated heterocycles. The molecule has 4 rings (SSSR count). The standard InChI is InChI=1S/C26H22FN3O2S/c1-17(18-8-3-2-4-9-18)28-25(32)22-12-5-6-13-23(22)30-24(31)15-21-16-33-26(29-21)19-10-7-11-20(27)14-19/h2-14,16-17H,15H2,1H3,(H,28,32)(H,30,31). The quantitative estimate of drug-likeness (QED) is 0.377. The van der Waals surface area contributed by atoms with Gasteiger partial charge in [0.1, 0.15) is 10.8 Å². The van der Waals surface area contributed by atoms with Crippen LogP contribution in [0.5, 0.6) is 0 Å². The van der Waals surface area contributed by atoms with Crippen molar-refractivity contribution in [3.63, 3.8) is 0 Å². The second kappa shape index (κ2) is 10.2. The summed E-state index contributed by atoms with van der Waals surface area (Å²) >= 11 is 1.35. The molecule has 5 nitrogen and oxygen atoms in total. The molecule has 166 valence electrons. The molecule has 1 aromatic heterocycles. The Bertz CT molecular complexity index is 1270. The first-order valence-corrected chi connectivity index (χ1v) is 11.3. The van der Waals surface area contributed by atoms with Gasteiger partial charge in [-0.15, -0.1) is 11.3 Å². The highest BCUT2D eigenvalue weighted by atomic mass is 32.1. The lowest BCUT2D eigenvalue weighted by Crippen LogP contribution is -2.28. The van der Waals surface area contributed by atoms with Crippen LogP contribution in [0, 0.1) is 5.82 Å². The maximum atomic E-state index is 13.5. The van der Waals surface area contributed by atoms with Gasteiger partial charge in [0, 0.05) is 10.9 Å². The van der Waals surface area contributed by atoms with E-state index >= 15 is 0 Å². The summed E-state index contributed by atoms with van der Waals surface area (Å²) < 4.78 is 13.5. The largest absolute Gasteiger partial charge is 0.345 e. The number of amides is 2. The average Bonchev–Trinajstić information content (AvgIpc) is 3.28. The van der Waals surface area contributed by atoms with Crippen molar-refractivity contribution in [2.45, 2.75) is 19.4 Å². The third-order valence-corrected chi connectivity index (χ3v) is 6.00. The Labute approximate surface area is 195 Å². The van der Waals surface area contributed by atoms with Gasteiger partial charge in [-0.3, -0.25) is 9.59 Å². The van der Waals surface area contributed by atoms with Crippen LogP contribution in [-0.2, 0) is 11.2 Å². The van der Waals surface area contributed by atoms with Crippen LogP contribution in [0.1, 0.15) is 34.6 Å². The molecule has 2 amide bonds. The van der Waals surface area contributed by atoms with E-state index in [1.807, 2.05) is 37.3 Å². The van der Waals surface area contributed by atoms with Crippen LogP contribution >= 0.6 is 11.3 Å².